The summed E-state index contributed by atoms with van der Waals surface area (Å²) in [4.78, 5) is 19.4. The van der Waals surface area contributed by atoms with Gasteiger partial charge in [-0.05, 0) is 68.8 Å². The average Bonchev–Trinajstić information content (AvgIpc) is 3.16. The summed E-state index contributed by atoms with van der Waals surface area (Å²) in [6.45, 7) is 6.30. The van der Waals surface area contributed by atoms with Crippen molar-refractivity contribution in [1.29, 1.82) is 0 Å². The van der Waals surface area contributed by atoms with Gasteiger partial charge in [-0.3, -0.25) is 4.79 Å². The van der Waals surface area contributed by atoms with Crippen molar-refractivity contribution in [3.8, 4) is 5.75 Å². The number of fused-ring (bicyclic) bond motifs is 1. The molecule has 0 radical (unpaired) electrons. The lowest BCUT2D eigenvalue weighted by Crippen LogP contribution is -2.26. The first-order valence-electron chi connectivity index (χ1n) is 11.4. The van der Waals surface area contributed by atoms with Crippen LogP contribution in [0, 0.1) is 6.92 Å². The molecule has 35 heavy (non-hydrogen) atoms. The third kappa shape index (κ3) is 4.71. The normalized spacial score (nSPS) is 11.1. The number of hydrogen-bond donors (Lipinski definition) is 2. The van der Waals surface area contributed by atoms with Gasteiger partial charge in [-0.25, -0.2) is 4.98 Å². The number of halogens is 1. The van der Waals surface area contributed by atoms with Gasteiger partial charge < -0.3 is 24.8 Å². The van der Waals surface area contributed by atoms with Crippen LogP contribution in [0.5, 0.6) is 5.75 Å². The Hall–Kier alpha value is -3.52. The molecule has 0 saturated carbocycles. The molecule has 0 spiro atoms. The second-order valence-corrected chi connectivity index (χ2v) is 9.57. The first kappa shape index (κ1) is 24.6. The van der Waals surface area contributed by atoms with Crippen LogP contribution < -0.4 is 20.3 Å². The molecule has 1 heterocycles. The smallest absolute Gasteiger partial charge is 0.251 e. The second kappa shape index (κ2) is 10.00. The van der Waals surface area contributed by atoms with Gasteiger partial charge >= 0.3 is 0 Å². The van der Waals surface area contributed by atoms with Gasteiger partial charge in [-0.1, -0.05) is 28.1 Å². The average molecular weight is 536 g/mol. The fourth-order valence-electron chi connectivity index (χ4n) is 4.36. The van der Waals surface area contributed by atoms with E-state index in [-0.39, 0.29) is 11.9 Å². The number of nitrogens with zero attached hydrogens (tertiary/aromatic N) is 3. The van der Waals surface area contributed by atoms with Crippen LogP contribution in [0.4, 0.5) is 23.0 Å². The Morgan fingerprint density at radius 3 is 2.57 bits per heavy atom. The monoisotopic (exact) mass is 535 g/mol. The molecule has 0 fully saturated rings. The summed E-state index contributed by atoms with van der Waals surface area (Å²) in [5.74, 6) is 1.33. The Kier molecular flexibility index (Phi) is 7.03. The van der Waals surface area contributed by atoms with E-state index in [0.717, 1.165) is 43.9 Å². The number of aromatic nitrogens is 2. The van der Waals surface area contributed by atoms with Crippen molar-refractivity contribution in [2.75, 3.05) is 24.4 Å². The minimum absolute atomic E-state index is 0.111. The van der Waals surface area contributed by atoms with E-state index in [4.69, 9.17) is 9.72 Å². The van der Waals surface area contributed by atoms with Gasteiger partial charge in [0.25, 0.3) is 5.91 Å². The van der Waals surface area contributed by atoms with Gasteiger partial charge in [0.2, 0.25) is 5.95 Å². The third-order valence-corrected chi connectivity index (χ3v) is 6.44. The quantitative estimate of drug-likeness (QED) is 0.290. The Labute approximate surface area is 214 Å². The molecule has 3 aromatic carbocycles. The van der Waals surface area contributed by atoms with Gasteiger partial charge in [-0.2, -0.15) is 0 Å². The van der Waals surface area contributed by atoms with Crippen molar-refractivity contribution in [1.82, 2.24) is 14.9 Å². The number of hydrogen-bond acceptors (Lipinski definition) is 5. The SMILES string of the molecule is CNC(=O)c1cccc(N(c2cccc3nc(Nc4c(C)cc(Br)cc4OC)n(C)c23)C(C)C)c1. The first-order valence-corrected chi connectivity index (χ1v) is 12.2. The molecule has 4 aromatic rings. The zero-order valence-electron chi connectivity index (χ0n) is 20.8. The fourth-order valence-corrected chi connectivity index (χ4v) is 4.91. The second-order valence-electron chi connectivity index (χ2n) is 8.66. The number of methoxy groups -OCH3 is 1. The molecule has 4 rings (SSSR count). The van der Waals surface area contributed by atoms with E-state index in [1.165, 1.54) is 0 Å². The number of ether oxygens (including phenoxy) is 1. The first-order chi connectivity index (χ1) is 16.7. The summed E-state index contributed by atoms with van der Waals surface area (Å²) in [5.41, 5.74) is 6.34. The molecule has 0 aliphatic heterocycles. The number of rotatable bonds is 7. The van der Waals surface area contributed by atoms with Gasteiger partial charge in [0.1, 0.15) is 5.75 Å². The van der Waals surface area contributed by atoms with Crippen LogP contribution in [0.1, 0.15) is 29.8 Å². The van der Waals surface area contributed by atoms with Gasteiger partial charge in [0.15, 0.2) is 0 Å². The highest BCUT2D eigenvalue weighted by Crippen LogP contribution is 2.38. The van der Waals surface area contributed by atoms with Gasteiger partial charge in [0, 0.05) is 35.9 Å². The Morgan fingerprint density at radius 2 is 1.89 bits per heavy atom. The molecule has 7 nitrogen and oxygen atoms in total. The van der Waals surface area contributed by atoms with Crippen LogP contribution in [0.25, 0.3) is 11.0 Å². The number of aryl methyl sites for hydroxylation is 2. The maximum absolute atomic E-state index is 12.3. The molecule has 0 aliphatic carbocycles. The van der Waals surface area contributed by atoms with E-state index in [1.54, 1.807) is 14.2 Å². The van der Waals surface area contributed by atoms with Crippen molar-refractivity contribution in [2.24, 2.45) is 7.05 Å². The Bertz CT molecular complexity index is 1400. The van der Waals surface area contributed by atoms with Crippen LogP contribution in [-0.4, -0.2) is 35.7 Å². The van der Waals surface area contributed by atoms with Gasteiger partial charge in [-0.15, -0.1) is 0 Å². The van der Waals surface area contributed by atoms with Gasteiger partial charge in [0.05, 0.1) is 29.5 Å². The standard InChI is InChI=1S/C27H30BrN5O2/c1-16(2)33(20-10-7-9-18(14-20)26(34)29-4)22-12-8-11-21-25(22)32(5)27(30-21)31-24-17(3)13-19(28)15-23(24)35-6/h7-16H,1-6H3,(H,29,34)(H,30,31). The summed E-state index contributed by atoms with van der Waals surface area (Å²) >= 11 is 3.54. The number of benzene rings is 3. The topological polar surface area (TPSA) is 71.4 Å². The molecule has 182 valence electrons. The van der Waals surface area contributed by atoms with Crippen LogP contribution in [0.15, 0.2) is 59.1 Å². The van der Waals surface area contributed by atoms with Crippen molar-refractivity contribution in [2.45, 2.75) is 26.8 Å². The number of nitrogens with one attached hydrogen (secondary N) is 2. The zero-order valence-corrected chi connectivity index (χ0v) is 22.4. The highest BCUT2D eigenvalue weighted by molar-refractivity contribution is 9.10. The van der Waals surface area contributed by atoms with Crippen LogP contribution in [0.2, 0.25) is 0 Å². The number of anilines is 4. The van der Waals surface area contributed by atoms with Crippen LogP contribution in [0.3, 0.4) is 0 Å². The van der Waals surface area contributed by atoms with Crippen LogP contribution in [-0.2, 0) is 7.05 Å². The lowest BCUT2D eigenvalue weighted by Gasteiger charge is -2.30. The number of amides is 1. The number of carbonyl (C=O) groups excluding carboxylic acids is 1. The molecule has 0 unspecified atom stereocenters. The Morgan fingerprint density at radius 1 is 1.14 bits per heavy atom. The largest absolute Gasteiger partial charge is 0.495 e. The molecule has 1 amide bonds. The van der Waals surface area contributed by atoms with E-state index in [2.05, 4.69) is 55.9 Å². The molecular weight excluding hydrogens is 506 g/mol. The maximum Gasteiger partial charge on any atom is 0.251 e. The fraction of sp³-hybridized carbons (Fsp3) is 0.259. The summed E-state index contributed by atoms with van der Waals surface area (Å²) in [5, 5.41) is 6.18. The lowest BCUT2D eigenvalue weighted by molar-refractivity contribution is 0.0963. The minimum atomic E-state index is -0.111. The molecular formula is C27H30BrN5O2. The highest BCUT2D eigenvalue weighted by atomic mass is 79.9. The molecule has 0 aliphatic rings. The number of para-hydroxylation sites is 1. The molecule has 2 N–H and O–H groups in total. The summed E-state index contributed by atoms with van der Waals surface area (Å²) in [7, 11) is 5.30. The maximum atomic E-state index is 12.3. The van der Waals surface area contributed by atoms with E-state index in [9.17, 15) is 4.79 Å². The molecule has 1 aromatic heterocycles. The van der Waals surface area contributed by atoms with E-state index in [0.29, 0.717) is 11.5 Å². The Balaban J connectivity index is 1.84. The van der Waals surface area contributed by atoms with Crippen molar-refractivity contribution >= 4 is 55.9 Å². The summed E-state index contributed by atoms with van der Waals surface area (Å²) < 4.78 is 8.63. The zero-order chi connectivity index (χ0) is 25.3. The number of carbonyl (C=O) groups is 1. The number of imidazole rings is 1. The highest BCUT2D eigenvalue weighted by Gasteiger charge is 2.21. The molecule has 0 saturated heterocycles. The van der Waals surface area contributed by atoms with E-state index >= 15 is 0 Å². The molecule has 0 bridgehead atoms. The third-order valence-electron chi connectivity index (χ3n) is 5.98. The predicted octanol–water partition coefficient (Wildman–Crippen LogP) is 6.30. The van der Waals surface area contributed by atoms with Crippen molar-refractivity contribution in [3.63, 3.8) is 0 Å². The van der Waals surface area contributed by atoms with E-state index < -0.39 is 0 Å². The van der Waals surface area contributed by atoms with Crippen molar-refractivity contribution < 1.29 is 9.53 Å². The summed E-state index contributed by atoms with van der Waals surface area (Å²) in [6, 6.07) is 17.9. The summed E-state index contributed by atoms with van der Waals surface area (Å²) in [6.07, 6.45) is 0. The minimum Gasteiger partial charge on any atom is -0.495 e. The van der Waals surface area contributed by atoms with E-state index in [1.807, 2.05) is 62.5 Å². The van der Waals surface area contributed by atoms with Crippen LogP contribution >= 0.6 is 15.9 Å². The van der Waals surface area contributed by atoms with Crippen molar-refractivity contribution in [3.05, 3.63) is 70.2 Å². The molecule has 0 atom stereocenters. The lowest BCUT2D eigenvalue weighted by atomic mass is 10.1. The molecule has 8 heteroatoms. The predicted molar refractivity (Wildman–Crippen MR) is 147 cm³/mol.